The second kappa shape index (κ2) is 8.05. The van der Waals surface area contributed by atoms with Gasteiger partial charge in [0.05, 0.1) is 11.1 Å². The summed E-state index contributed by atoms with van der Waals surface area (Å²) in [4.78, 5) is 22.5. The van der Waals surface area contributed by atoms with Gasteiger partial charge in [0.2, 0.25) is 5.88 Å². The number of nitriles is 1. The minimum Gasteiger partial charge on any atom is -0.443 e. The lowest BCUT2D eigenvalue weighted by molar-refractivity contribution is -0.384. The van der Waals surface area contributed by atoms with E-state index in [1.54, 1.807) is 6.92 Å². The van der Waals surface area contributed by atoms with E-state index in [0.717, 1.165) is 22.5 Å². The van der Waals surface area contributed by atoms with Crippen molar-refractivity contribution >= 4 is 17.8 Å². The second-order valence-corrected chi connectivity index (χ2v) is 6.74. The molecule has 1 aromatic carbocycles. The van der Waals surface area contributed by atoms with E-state index >= 15 is 0 Å². The molecular weight excluding hydrogens is 386 g/mol. The molecule has 1 N–H and O–H groups in total. The lowest BCUT2D eigenvalue weighted by Crippen LogP contribution is -2.17. The molecule has 0 aliphatic rings. The summed E-state index contributed by atoms with van der Waals surface area (Å²) >= 11 is 0. The fourth-order valence-electron chi connectivity index (χ4n) is 3.11. The summed E-state index contributed by atoms with van der Waals surface area (Å²) in [6, 6.07) is 9.43. The molecule has 2 aromatic heterocycles. The predicted molar refractivity (Wildman–Crippen MR) is 110 cm³/mol. The number of hydrogen-bond donors (Lipinski definition) is 1. The van der Waals surface area contributed by atoms with Gasteiger partial charge in [-0.1, -0.05) is 6.07 Å². The predicted octanol–water partition coefficient (Wildman–Crippen LogP) is 3.85. The van der Waals surface area contributed by atoms with Gasteiger partial charge in [-0.3, -0.25) is 19.5 Å². The van der Waals surface area contributed by atoms with Crippen molar-refractivity contribution in [3.05, 3.63) is 79.8 Å². The van der Waals surface area contributed by atoms with E-state index < -0.39 is 10.8 Å². The summed E-state index contributed by atoms with van der Waals surface area (Å²) in [6.45, 7) is 7.37. The number of rotatable bonds is 5. The van der Waals surface area contributed by atoms with Crippen molar-refractivity contribution in [3.63, 3.8) is 0 Å². The highest BCUT2D eigenvalue weighted by atomic mass is 16.6. The van der Waals surface area contributed by atoms with E-state index in [0.29, 0.717) is 17.2 Å². The number of benzene rings is 1. The summed E-state index contributed by atoms with van der Waals surface area (Å²) in [5, 5.41) is 24.3. The Morgan fingerprint density at radius 1 is 1.30 bits per heavy atom. The quantitative estimate of drug-likeness (QED) is 0.392. The maximum Gasteiger partial charge on any atom is 0.271 e. The highest BCUT2D eigenvalue weighted by Crippen LogP contribution is 2.28. The van der Waals surface area contributed by atoms with Gasteiger partial charge in [0.25, 0.3) is 11.6 Å². The molecule has 9 heteroatoms. The number of nitrogens with zero attached hydrogens (tertiary/aromatic N) is 4. The average Bonchev–Trinajstić information content (AvgIpc) is 3.16. The summed E-state index contributed by atoms with van der Waals surface area (Å²) < 4.78 is 7.62. The Morgan fingerprint density at radius 2 is 2.03 bits per heavy atom. The molecule has 0 bridgehead atoms. The van der Waals surface area contributed by atoms with Crippen molar-refractivity contribution in [1.29, 1.82) is 5.26 Å². The molecule has 30 heavy (non-hydrogen) atoms. The van der Waals surface area contributed by atoms with Crippen LogP contribution in [0.4, 0.5) is 5.69 Å². The van der Waals surface area contributed by atoms with Gasteiger partial charge in [0.15, 0.2) is 0 Å². The molecule has 0 aliphatic carbocycles. The average molecular weight is 405 g/mol. The Bertz CT molecular complexity index is 1230. The zero-order chi connectivity index (χ0) is 22.0. The molecule has 1 amide bonds. The van der Waals surface area contributed by atoms with Gasteiger partial charge in [-0.15, -0.1) is 0 Å². The third kappa shape index (κ3) is 3.71. The fraction of sp³-hybridized carbons (Fsp3) is 0.190. The topological polar surface area (TPSA) is 126 Å². The zero-order valence-corrected chi connectivity index (χ0v) is 16.9. The molecule has 0 saturated carbocycles. The molecule has 152 valence electrons. The van der Waals surface area contributed by atoms with E-state index in [4.69, 9.17) is 4.42 Å². The number of amides is 1. The van der Waals surface area contributed by atoms with Gasteiger partial charge in [-0.05, 0) is 39.8 Å². The first-order valence-electron chi connectivity index (χ1n) is 9.01. The Kier molecular flexibility index (Phi) is 5.51. The van der Waals surface area contributed by atoms with E-state index in [1.165, 1.54) is 30.5 Å². The van der Waals surface area contributed by atoms with Crippen molar-refractivity contribution in [3.8, 4) is 12.0 Å². The van der Waals surface area contributed by atoms with E-state index in [2.05, 4.69) is 16.6 Å². The zero-order valence-electron chi connectivity index (χ0n) is 16.9. The van der Waals surface area contributed by atoms with Gasteiger partial charge in [0.1, 0.15) is 17.4 Å². The molecule has 0 atom stereocenters. The molecule has 2 heterocycles. The largest absolute Gasteiger partial charge is 0.443 e. The van der Waals surface area contributed by atoms with Crippen LogP contribution >= 0.6 is 0 Å². The maximum atomic E-state index is 12.2. The van der Waals surface area contributed by atoms with Crippen molar-refractivity contribution in [2.24, 2.45) is 5.10 Å². The Hall–Kier alpha value is -4.19. The lowest BCUT2D eigenvalue weighted by atomic mass is 10.2. The normalized spacial score (nSPS) is 10.9. The first-order valence-corrected chi connectivity index (χ1v) is 9.01. The first kappa shape index (κ1) is 20.5. The number of nitro benzene ring substituents is 1. The summed E-state index contributed by atoms with van der Waals surface area (Å²) in [5.74, 6) is 0.559. The molecule has 0 spiro atoms. The van der Waals surface area contributed by atoms with Crippen LogP contribution in [-0.2, 0) is 0 Å². The maximum absolute atomic E-state index is 12.2. The summed E-state index contributed by atoms with van der Waals surface area (Å²) in [7, 11) is 0. The van der Waals surface area contributed by atoms with Gasteiger partial charge in [-0.25, -0.2) is 5.43 Å². The number of carbonyl (C=O) groups is 1. The van der Waals surface area contributed by atoms with Crippen LogP contribution in [0.15, 0.2) is 39.9 Å². The summed E-state index contributed by atoms with van der Waals surface area (Å²) in [5.41, 5.74) is 5.93. The number of nitrogens with one attached hydrogen (secondary N) is 1. The lowest BCUT2D eigenvalue weighted by Gasteiger charge is -2.06. The van der Waals surface area contributed by atoms with Crippen LogP contribution in [0.2, 0.25) is 0 Å². The standard InChI is InChI=1S/C21H19N5O4/c1-12-8-17(14(3)25(12)21-19(10-22)13(2)15(4)30-21)11-23-24-20(27)16-6-5-7-18(9-16)26(28)29/h5-9,11H,1-4H3,(H,24,27)/b23-11-. The molecule has 0 aliphatic heterocycles. The monoisotopic (exact) mass is 405 g/mol. The molecule has 3 aromatic rings. The van der Waals surface area contributed by atoms with Crippen LogP contribution in [0.1, 0.15) is 44.2 Å². The third-order valence-electron chi connectivity index (χ3n) is 4.84. The first-order chi connectivity index (χ1) is 14.2. The number of nitro groups is 1. The van der Waals surface area contributed by atoms with Crippen molar-refractivity contribution in [1.82, 2.24) is 9.99 Å². The SMILES string of the molecule is Cc1oc(-n2c(C)cc(/C=N\NC(=O)c3cccc([N+](=O)[O-])c3)c2C)c(C#N)c1C. The minimum atomic E-state index is -0.567. The molecular formula is C21H19N5O4. The number of aryl methyl sites for hydroxylation is 2. The van der Waals surface area contributed by atoms with Gasteiger partial charge >= 0.3 is 0 Å². The molecule has 0 saturated heterocycles. The highest BCUT2D eigenvalue weighted by molar-refractivity contribution is 5.95. The molecule has 0 unspecified atom stereocenters. The van der Waals surface area contributed by atoms with E-state index in [9.17, 15) is 20.2 Å². The molecule has 3 rings (SSSR count). The Balaban J connectivity index is 1.85. The van der Waals surface area contributed by atoms with Gasteiger partial charge in [-0.2, -0.15) is 10.4 Å². The number of aromatic nitrogens is 1. The molecule has 0 fully saturated rings. The van der Waals surface area contributed by atoms with Crippen LogP contribution in [0.3, 0.4) is 0 Å². The summed E-state index contributed by atoms with van der Waals surface area (Å²) in [6.07, 6.45) is 1.47. The number of hydrogen-bond acceptors (Lipinski definition) is 6. The number of furan rings is 1. The van der Waals surface area contributed by atoms with Crippen molar-refractivity contribution < 1.29 is 14.1 Å². The van der Waals surface area contributed by atoms with Crippen molar-refractivity contribution in [2.75, 3.05) is 0 Å². The van der Waals surface area contributed by atoms with E-state index in [-0.39, 0.29) is 11.3 Å². The molecule has 0 radical (unpaired) electrons. The Labute approximate surface area is 172 Å². The highest BCUT2D eigenvalue weighted by Gasteiger charge is 2.20. The van der Waals surface area contributed by atoms with Crippen LogP contribution in [0.25, 0.3) is 5.88 Å². The number of hydrazone groups is 1. The smallest absolute Gasteiger partial charge is 0.271 e. The molecule has 9 nitrogen and oxygen atoms in total. The van der Waals surface area contributed by atoms with Crippen LogP contribution < -0.4 is 5.43 Å². The second-order valence-electron chi connectivity index (χ2n) is 6.74. The fourth-order valence-corrected chi connectivity index (χ4v) is 3.11. The van der Waals surface area contributed by atoms with Crippen LogP contribution in [-0.4, -0.2) is 21.6 Å². The van der Waals surface area contributed by atoms with E-state index in [1.807, 2.05) is 31.4 Å². The third-order valence-corrected chi connectivity index (χ3v) is 4.84. The van der Waals surface area contributed by atoms with Crippen molar-refractivity contribution in [2.45, 2.75) is 27.7 Å². The Morgan fingerprint density at radius 3 is 2.70 bits per heavy atom. The van der Waals surface area contributed by atoms with Gasteiger partial charge < -0.3 is 4.42 Å². The number of carbonyl (C=O) groups excluding carboxylic acids is 1. The van der Waals surface area contributed by atoms with Gasteiger partial charge in [0, 0.05) is 40.2 Å². The van der Waals surface area contributed by atoms with Crippen LogP contribution in [0.5, 0.6) is 0 Å². The van der Waals surface area contributed by atoms with Crippen LogP contribution in [0, 0.1) is 49.1 Å². The minimum absolute atomic E-state index is 0.132. The number of non-ortho nitro benzene ring substituents is 1.